The zero-order chi connectivity index (χ0) is 21.3. The van der Waals surface area contributed by atoms with Crippen LogP contribution in [0.5, 0.6) is 0 Å². The molecule has 0 N–H and O–H groups in total. The van der Waals surface area contributed by atoms with Crippen molar-refractivity contribution in [2.45, 2.75) is 16.0 Å². The molecule has 8 heteroatoms. The molecule has 1 amide bonds. The maximum absolute atomic E-state index is 12.9. The predicted molar refractivity (Wildman–Crippen MR) is 106 cm³/mol. The Hall–Kier alpha value is -3.26. The topological polar surface area (TPSA) is 46.6 Å². The standard InChI is InChI=1S/C22H14F3NO3S/c23-22(24,25)15-11-9-14(10-12-15)21(28)29-13-20(27)26-16-5-1-3-7-18(16)30-19-8-4-2-6-17(19)26/h1-12H,13H2. The van der Waals surface area contributed by atoms with Crippen LogP contribution >= 0.6 is 11.8 Å². The quantitative estimate of drug-likeness (QED) is 0.502. The minimum absolute atomic E-state index is 0.0641. The number of benzene rings is 3. The van der Waals surface area contributed by atoms with Crippen LogP contribution in [0.4, 0.5) is 24.5 Å². The summed E-state index contributed by atoms with van der Waals surface area (Å²) in [5, 5.41) is 0. The maximum Gasteiger partial charge on any atom is 0.416 e. The summed E-state index contributed by atoms with van der Waals surface area (Å²) in [6.45, 7) is -0.548. The van der Waals surface area contributed by atoms with Crippen LogP contribution in [0.3, 0.4) is 0 Å². The summed E-state index contributed by atoms with van der Waals surface area (Å²) in [6.07, 6.45) is -4.49. The van der Waals surface area contributed by atoms with Gasteiger partial charge in [-0.05, 0) is 48.5 Å². The van der Waals surface area contributed by atoms with Crippen LogP contribution in [0.15, 0.2) is 82.6 Å². The number of carbonyl (C=O) groups is 2. The molecule has 0 bridgehead atoms. The number of hydrogen-bond acceptors (Lipinski definition) is 4. The van der Waals surface area contributed by atoms with Crippen LogP contribution in [-0.2, 0) is 15.7 Å². The lowest BCUT2D eigenvalue weighted by molar-refractivity contribution is -0.137. The lowest BCUT2D eigenvalue weighted by atomic mass is 10.1. The number of para-hydroxylation sites is 2. The SMILES string of the molecule is O=C(OCC(=O)N1c2ccccc2Sc2ccccc21)c1ccc(C(F)(F)F)cc1. The summed E-state index contributed by atoms with van der Waals surface area (Å²) < 4.78 is 43.0. The number of hydrogen-bond donors (Lipinski definition) is 0. The van der Waals surface area contributed by atoms with Gasteiger partial charge in [-0.2, -0.15) is 13.2 Å². The minimum Gasteiger partial charge on any atom is -0.452 e. The van der Waals surface area contributed by atoms with E-state index in [0.717, 1.165) is 34.1 Å². The van der Waals surface area contributed by atoms with Gasteiger partial charge in [0.05, 0.1) is 22.5 Å². The lowest BCUT2D eigenvalue weighted by Gasteiger charge is -2.30. The number of fused-ring (bicyclic) bond motifs is 2. The molecule has 0 atom stereocenters. The fourth-order valence-electron chi connectivity index (χ4n) is 3.04. The van der Waals surface area contributed by atoms with E-state index in [9.17, 15) is 22.8 Å². The number of rotatable bonds is 3. The maximum atomic E-state index is 12.9. The van der Waals surface area contributed by atoms with Crippen LogP contribution in [0, 0.1) is 0 Å². The van der Waals surface area contributed by atoms with E-state index >= 15 is 0 Å². The molecule has 0 saturated heterocycles. The van der Waals surface area contributed by atoms with Gasteiger partial charge in [-0.25, -0.2) is 4.79 Å². The molecular weight excluding hydrogens is 415 g/mol. The third-order valence-electron chi connectivity index (χ3n) is 4.46. The Bertz CT molecular complexity index is 1070. The summed E-state index contributed by atoms with van der Waals surface area (Å²) in [5.41, 5.74) is 0.425. The Balaban J connectivity index is 1.51. The van der Waals surface area contributed by atoms with Crippen LogP contribution in [0.1, 0.15) is 15.9 Å². The van der Waals surface area contributed by atoms with E-state index in [2.05, 4.69) is 0 Å². The Morgan fingerprint density at radius 3 is 1.90 bits per heavy atom. The molecule has 4 nitrogen and oxygen atoms in total. The smallest absolute Gasteiger partial charge is 0.416 e. The molecule has 1 aliphatic heterocycles. The molecule has 152 valence electrons. The number of esters is 1. The van der Waals surface area contributed by atoms with E-state index in [1.165, 1.54) is 16.7 Å². The van der Waals surface area contributed by atoms with Crippen LogP contribution in [0.2, 0.25) is 0 Å². The Morgan fingerprint density at radius 2 is 1.37 bits per heavy atom. The average molecular weight is 429 g/mol. The fourth-order valence-corrected chi connectivity index (χ4v) is 4.10. The molecule has 0 unspecified atom stereocenters. The molecule has 0 radical (unpaired) electrons. The Labute approximate surface area is 174 Å². The molecule has 4 rings (SSSR count). The van der Waals surface area contributed by atoms with Crippen molar-refractivity contribution in [1.82, 2.24) is 0 Å². The first-order valence-electron chi connectivity index (χ1n) is 8.88. The third-order valence-corrected chi connectivity index (χ3v) is 5.59. The fraction of sp³-hybridized carbons (Fsp3) is 0.0909. The van der Waals surface area contributed by atoms with Crippen molar-refractivity contribution in [1.29, 1.82) is 0 Å². The first-order chi connectivity index (χ1) is 14.3. The molecule has 0 saturated carbocycles. The van der Waals surface area contributed by atoms with E-state index in [1.807, 2.05) is 36.4 Å². The number of anilines is 2. The minimum atomic E-state index is -4.49. The normalized spacial score (nSPS) is 12.7. The van der Waals surface area contributed by atoms with Crippen molar-refractivity contribution in [3.8, 4) is 0 Å². The lowest BCUT2D eigenvalue weighted by Crippen LogP contribution is -2.32. The molecule has 30 heavy (non-hydrogen) atoms. The van der Waals surface area contributed by atoms with Gasteiger partial charge in [0, 0.05) is 9.79 Å². The highest BCUT2D eigenvalue weighted by Crippen LogP contribution is 2.47. The van der Waals surface area contributed by atoms with Gasteiger partial charge in [0.15, 0.2) is 6.61 Å². The van der Waals surface area contributed by atoms with E-state index < -0.39 is 30.2 Å². The van der Waals surface area contributed by atoms with Crippen molar-refractivity contribution in [3.63, 3.8) is 0 Å². The molecule has 1 aliphatic rings. The number of alkyl halides is 3. The molecular formula is C22H14F3NO3S. The molecule has 0 aliphatic carbocycles. The number of carbonyl (C=O) groups excluding carboxylic acids is 2. The summed E-state index contributed by atoms with van der Waals surface area (Å²) in [5.74, 6) is -1.33. The Morgan fingerprint density at radius 1 is 0.833 bits per heavy atom. The van der Waals surface area contributed by atoms with E-state index in [1.54, 1.807) is 12.1 Å². The highest BCUT2D eigenvalue weighted by atomic mass is 32.2. The van der Waals surface area contributed by atoms with Crippen molar-refractivity contribution < 1.29 is 27.5 Å². The van der Waals surface area contributed by atoms with Crippen molar-refractivity contribution in [2.75, 3.05) is 11.5 Å². The first-order valence-corrected chi connectivity index (χ1v) is 9.69. The van der Waals surface area contributed by atoms with E-state index in [4.69, 9.17) is 4.74 Å². The van der Waals surface area contributed by atoms with Crippen LogP contribution in [-0.4, -0.2) is 18.5 Å². The average Bonchev–Trinajstić information content (AvgIpc) is 2.75. The van der Waals surface area contributed by atoms with Gasteiger partial charge in [0.25, 0.3) is 5.91 Å². The summed E-state index contributed by atoms with van der Waals surface area (Å²) in [7, 11) is 0. The first kappa shape index (κ1) is 20.0. The summed E-state index contributed by atoms with van der Waals surface area (Å²) in [4.78, 5) is 28.4. The molecule has 3 aromatic carbocycles. The van der Waals surface area contributed by atoms with Crippen molar-refractivity contribution >= 4 is 35.0 Å². The molecule has 0 spiro atoms. The van der Waals surface area contributed by atoms with Crippen molar-refractivity contribution in [3.05, 3.63) is 83.9 Å². The number of amides is 1. The van der Waals surface area contributed by atoms with Gasteiger partial charge in [0.1, 0.15) is 0 Å². The van der Waals surface area contributed by atoms with Crippen LogP contribution < -0.4 is 4.90 Å². The number of ether oxygens (including phenoxy) is 1. The van der Waals surface area contributed by atoms with Gasteiger partial charge in [-0.1, -0.05) is 36.0 Å². The molecule has 1 heterocycles. The summed E-state index contributed by atoms with van der Waals surface area (Å²) >= 11 is 1.53. The van der Waals surface area contributed by atoms with E-state index in [0.29, 0.717) is 11.4 Å². The van der Waals surface area contributed by atoms with Crippen molar-refractivity contribution in [2.24, 2.45) is 0 Å². The second-order valence-corrected chi connectivity index (χ2v) is 7.50. The monoisotopic (exact) mass is 429 g/mol. The predicted octanol–water partition coefficient (Wildman–Crippen LogP) is 5.69. The molecule has 0 fully saturated rings. The zero-order valence-electron chi connectivity index (χ0n) is 15.3. The van der Waals surface area contributed by atoms with Gasteiger partial charge in [0.2, 0.25) is 0 Å². The second kappa shape index (κ2) is 7.87. The Kier molecular flexibility index (Phi) is 5.26. The highest BCUT2D eigenvalue weighted by molar-refractivity contribution is 7.99. The molecule has 0 aromatic heterocycles. The van der Waals surface area contributed by atoms with Gasteiger partial charge >= 0.3 is 12.1 Å². The summed E-state index contributed by atoms with van der Waals surface area (Å²) in [6, 6.07) is 18.4. The number of halogens is 3. The van der Waals surface area contributed by atoms with Crippen LogP contribution in [0.25, 0.3) is 0 Å². The number of nitrogens with zero attached hydrogens (tertiary/aromatic N) is 1. The van der Waals surface area contributed by atoms with Gasteiger partial charge < -0.3 is 4.74 Å². The zero-order valence-corrected chi connectivity index (χ0v) is 16.2. The third kappa shape index (κ3) is 3.91. The largest absolute Gasteiger partial charge is 0.452 e. The highest BCUT2D eigenvalue weighted by Gasteiger charge is 2.31. The van der Waals surface area contributed by atoms with Gasteiger partial charge in [-0.3, -0.25) is 9.69 Å². The second-order valence-electron chi connectivity index (χ2n) is 6.42. The van der Waals surface area contributed by atoms with Gasteiger partial charge in [-0.15, -0.1) is 0 Å². The molecule has 3 aromatic rings. The van der Waals surface area contributed by atoms with E-state index in [-0.39, 0.29) is 5.56 Å².